The SMILES string of the molecule is CCCCc1ccc2[nH]cc(CCN=C(c3ccc(C)cc3)C3C(=O)N(c4ccccc4)C(=O)N(c4ccccc4)C3=O)c2c1. The molecule has 2 heterocycles. The molecule has 1 fully saturated rings. The van der Waals surface area contributed by atoms with Crippen LogP contribution < -0.4 is 9.80 Å². The van der Waals surface area contributed by atoms with Crippen LogP contribution in [0.5, 0.6) is 0 Å². The Bertz CT molecular complexity index is 1800. The fourth-order valence-corrected chi connectivity index (χ4v) is 5.85. The minimum atomic E-state index is -1.31. The quantitative estimate of drug-likeness (QED) is 0.133. The molecular formula is C38H36N4O3. The maximum Gasteiger partial charge on any atom is 0.342 e. The zero-order valence-electron chi connectivity index (χ0n) is 25.6. The van der Waals surface area contributed by atoms with Gasteiger partial charge >= 0.3 is 6.03 Å². The third-order valence-electron chi connectivity index (χ3n) is 8.28. The van der Waals surface area contributed by atoms with Crippen LogP contribution in [0.25, 0.3) is 10.9 Å². The van der Waals surface area contributed by atoms with Gasteiger partial charge in [0.15, 0.2) is 5.92 Å². The number of hydrogen-bond acceptors (Lipinski definition) is 4. The van der Waals surface area contributed by atoms with Crippen molar-refractivity contribution in [1.29, 1.82) is 0 Å². The highest BCUT2D eigenvalue weighted by Crippen LogP contribution is 2.31. The van der Waals surface area contributed by atoms with Gasteiger partial charge in [0, 0.05) is 23.6 Å². The zero-order valence-corrected chi connectivity index (χ0v) is 25.6. The molecule has 1 N–H and O–H groups in total. The minimum Gasteiger partial charge on any atom is -0.361 e. The number of hydrogen-bond donors (Lipinski definition) is 1. The first-order valence-electron chi connectivity index (χ1n) is 15.5. The van der Waals surface area contributed by atoms with Gasteiger partial charge in [-0.3, -0.25) is 14.6 Å². The van der Waals surface area contributed by atoms with Crippen LogP contribution in [0.3, 0.4) is 0 Å². The number of urea groups is 1. The zero-order chi connectivity index (χ0) is 31.3. The van der Waals surface area contributed by atoms with E-state index in [0.29, 0.717) is 35.6 Å². The minimum absolute atomic E-state index is 0.350. The maximum atomic E-state index is 14.3. The maximum absolute atomic E-state index is 14.3. The van der Waals surface area contributed by atoms with E-state index in [1.807, 2.05) is 49.5 Å². The van der Waals surface area contributed by atoms with E-state index in [0.717, 1.165) is 51.1 Å². The Kier molecular flexibility index (Phi) is 8.69. The van der Waals surface area contributed by atoms with Crippen LogP contribution in [0.1, 0.15) is 42.0 Å². The number of rotatable bonds is 10. The predicted molar refractivity (Wildman–Crippen MR) is 180 cm³/mol. The molecule has 0 spiro atoms. The first kappa shape index (κ1) is 29.8. The summed E-state index contributed by atoms with van der Waals surface area (Å²) >= 11 is 0. The van der Waals surface area contributed by atoms with E-state index in [1.165, 1.54) is 5.56 Å². The van der Waals surface area contributed by atoms with Crippen molar-refractivity contribution in [3.63, 3.8) is 0 Å². The Balaban J connectivity index is 1.40. The van der Waals surface area contributed by atoms with Gasteiger partial charge in [0.25, 0.3) is 11.8 Å². The molecule has 4 aromatic carbocycles. The Morgan fingerprint density at radius 3 is 2.00 bits per heavy atom. The lowest BCUT2D eigenvalue weighted by molar-refractivity contribution is -0.129. The molecule has 0 atom stereocenters. The Morgan fingerprint density at radius 2 is 1.40 bits per heavy atom. The molecule has 0 radical (unpaired) electrons. The van der Waals surface area contributed by atoms with Gasteiger partial charge in [-0.25, -0.2) is 14.6 Å². The van der Waals surface area contributed by atoms with Crippen LogP contribution in [-0.2, 0) is 22.4 Å². The Hall–Kier alpha value is -5.30. The van der Waals surface area contributed by atoms with Gasteiger partial charge in [-0.05, 0) is 79.3 Å². The highest BCUT2D eigenvalue weighted by Gasteiger charge is 2.49. The second-order valence-electron chi connectivity index (χ2n) is 11.4. The molecule has 0 unspecified atom stereocenters. The highest BCUT2D eigenvalue weighted by molar-refractivity contribution is 6.43. The molecule has 0 bridgehead atoms. The number of amides is 4. The second kappa shape index (κ2) is 13.1. The van der Waals surface area contributed by atoms with Crippen molar-refractivity contribution in [2.45, 2.75) is 39.5 Å². The number of para-hydroxylation sites is 2. The first-order valence-corrected chi connectivity index (χ1v) is 15.5. The number of carbonyl (C=O) groups excluding carboxylic acids is 3. The van der Waals surface area contributed by atoms with Gasteiger partial charge < -0.3 is 4.98 Å². The number of benzene rings is 4. The van der Waals surface area contributed by atoms with Crippen LogP contribution in [0, 0.1) is 12.8 Å². The van der Waals surface area contributed by atoms with E-state index in [9.17, 15) is 14.4 Å². The van der Waals surface area contributed by atoms with Gasteiger partial charge in [-0.1, -0.05) is 85.6 Å². The smallest absolute Gasteiger partial charge is 0.342 e. The molecule has 6 rings (SSSR count). The Morgan fingerprint density at radius 1 is 0.778 bits per heavy atom. The van der Waals surface area contributed by atoms with E-state index in [-0.39, 0.29) is 0 Å². The number of aryl methyl sites for hydroxylation is 2. The van der Waals surface area contributed by atoms with E-state index >= 15 is 0 Å². The number of nitrogens with zero attached hydrogens (tertiary/aromatic N) is 3. The van der Waals surface area contributed by atoms with Gasteiger partial charge in [0.05, 0.1) is 17.1 Å². The molecule has 4 amide bonds. The van der Waals surface area contributed by atoms with Crippen molar-refractivity contribution >= 4 is 45.8 Å². The number of barbiturate groups is 1. The van der Waals surface area contributed by atoms with Crippen LogP contribution in [0.2, 0.25) is 0 Å². The molecule has 7 nitrogen and oxygen atoms in total. The number of aromatic nitrogens is 1. The van der Waals surface area contributed by atoms with Gasteiger partial charge in [-0.15, -0.1) is 0 Å². The van der Waals surface area contributed by atoms with Gasteiger partial charge in [0.1, 0.15) is 0 Å². The number of aromatic amines is 1. The summed E-state index contributed by atoms with van der Waals surface area (Å²) in [6.07, 6.45) is 5.95. The third kappa shape index (κ3) is 6.07. The van der Waals surface area contributed by atoms with E-state index in [2.05, 4.69) is 30.1 Å². The normalized spacial score (nSPS) is 14.5. The molecule has 1 saturated heterocycles. The number of fused-ring (bicyclic) bond motifs is 1. The summed E-state index contributed by atoms with van der Waals surface area (Å²) in [6.45, 7) is 4.53. The van der Waals surface area contributed by atoms with Crippen molar-refractivity contribution in [2.24, 2.45) is 10.9 Å². The average molecular weight is 597 g/mol. The summed E-state index contributed by atoms with van der Waals surface area (Å²) in [7, 11) is 0. The molecule has 45 heavy (non-hydrogen) atoms. The average Bonchev–Trinajstić information content (AvgIpc) is 3.46. The molecule has 0 aliphatic carbocycles. The van der Waals surface area contributed by atoms with E-state index in [1.54, 1.807) is 48.5 Å². The number of anilines is 2. The van der Waals surface area contributed by atoms with Crippen molar-refractivity contribution in [3.05, 3.63) is 132 Å². The highest BCUT2D eigenvalue weighted by atomic mass is 16.2. The van der Waals surface area contributed by atoms with Crippen molar-refractivity contribution < 1.29 is 14.4 Å². The van der Waals surface area contributed by atoms with Crippen molar-refractivity contribution in [3.8, 4) is 0 Å². The standard InChI is InChI=1S/C38H36N4O3/c1-3-4-11-27-18-21-33-32(24-27)29(25-40-33)22-23-39-35(28-19-16-26(2)17-20-28)34-36(43)41(30-12-7-5-8-13-30)38(45)42(37(34)44)31-14-9-6-10-15-31/h5-10,12-21,24-25,34,40H,3-4,11,22-23H2,1-2H3. The predicted octanol–water partition coefficient (Wildman–Crippen LogP) is 7.67. The van der Waals surface area contributed by atoms with E-state index < -0.39 is 23.8 Å². The summed E-state index contributed by atoms with van der Waals surface area (Å²) in [4.78, 5) is 52.9. The van der Waals surface area contributed by atoms with Crippen LogP contribution in [-0.4, -0.2) is 35.1 Å². The molecule has 1 aliphatic heterocycles. The molecule has 0 saturated carbocycles. The lowest BCUT2D eigenvalue weighted by Gasteiger charge is -2.37. The molecule has 1 aromatic heterocycles. The molecular weight excluding hydrogens is 560 g/mol. The monoisotopic (exact) mass is 596 g/mol. The number of aliphatic imine (C=N–C) groups is 1. The fourth-order valence-electron chi connectivity index (χ4n) is 5.85. The number of imide groups is 2. The summed E-state index contributed by atoms with van der Waals surface area (Å²) in [5, 5.41) is 1.16. The van der Waals surface area contributed by atoms with Crippen LogP contribution >= 0.6 is 0 Å². The lowest BCUT2D eigenvalue weighted by Crippen LogP contribution is -2.62. The van der Waals surface area contributed by atoms with Crippen LogP contribution in [0.4, 0.5) is 16.2 Å². The summed E-state index contributed by atoms with van der Waals surface area (Å²) in [5.41, 5.74) is 6.36. The fraction of sp³-hybridized carbons (Fsp3) is 0.211. The lowest BCUT2D eigenvalue weighted by atomic mass is 9.91. The van der Waals surface area contributed by atoms with Crippen molar-refractivity contribution in [2.75, 3.05) is 16.3 Å². The topological polar surface area (TPSA) is 85.8 Å². The van der Waals surface area contributed by atoms with Crippen LogP contribution in [0.15, 0.2) is 114 Å². The second-order valence-corrected chi connectivity index (χ2v) is 11.4. The number of nitrogens with one attached hydrogen (secondary N) is 1. The number of unbranched alkanes of at least 4 members (excludes halogenated alkanes) is 1. The largest absolute Gasteiger partial charge is 0.361 e. The molecule has 226 valence electrons. The van der Waals surface area contributed by atoms with Gasteiger partial charge in [-0.2, -0.15) is 0 Å². The van der Waals surface area contributed by atoms with Gasteiger partial charge in [0.2, 0.25) is 0 Å². The van der Waals surface area contributed by atoms with Crippen molar-refractivity contribution in [1.82, 2.24) is 4.98 Å². The molecule has 7 heteroatoms. The summed E-state index contributed by atoms with van der Waals surface area (Å²) in [5.74, 6) is -2.54. The summed E-state index contributed by atoms with van der Waals surface area (Å²) < 4.78 is 0. The number of H-pyrrole nitrogens is 1. The third-order valence-corrected chi connectivity index (χ3v) is 8.28. The summed E-state index contributed by atoms with van der Waals surface area (Å²) in [6, 6.07) is 30.9. The number of carbonyl (C=O) groups is 3. The molecule has 5 aromatic rings. The first-order chi connectivity index (χ1) is 22.0. The Labute approximate surface area is 263 Å². The van der Waals surface area contributed by atoms with E-state index in [4.69, 9.17) is 4.99 Å². The molecule has 1 aliphatic rings.